The zero-order chi connectivity index (χ0) is 10.0. The van der Waals surface area contributed by atoms with Crippen LogP contribution in [0.3, 0.4) is 0 Å². The van der Waals surface area contributed by atoms with E-state index in [0.29, 0.717) is 19.4 Å². The number of nitrogens with two attached hydrogens (primary N) is 1. The molecule has 13 heavy (non-hydrogen) atoms. The predicted molar refractivity (Wildman–Crippen MR) is 53.1 cm³/mol. The highest BCUT2D eigenvalue weighted by Crippen LogP contribution is 2.21. The van der Waals surface area contributed by atoms with E-state index in [1.165, 1.54) is 0 Å². The van der Waals surface area contributed by atoms with Crippen LogP contribution in [0.15, 0.2) is 0 Å². The molecule has 0 aromatic rings. The maximum Gasteiger partial charge on any atom is 0.240 e. The van der Waals surface area contributed by atoms with Crippen molar-refractivity contribution < 1.29 is 9.59 Å². The second kappa shape index (κ2) is 4.05. The van der Waals surface area contributed by atoms with Gasteiger partial charge < -0.3 is 10.6 Å². The largest absolute Gasteiger partial charge is 0.368 e. The monoisotopic (exact) mass is 202 g/mol. The first-order chi connectivity index (χ1) is 6.06. The standard InChI is InChI=1S/C8H15N2O2P/c1-2-6(8(9)12)10-4-5(13)3-7(10)11/h5-6H,2-4,13H2,1H3,(H2,9,12)/t5-,6+/m1/s1. The molecule has 1 fully saturated rings. The lowest BCUT2D eigenvalue weighted by Gasteiger charge is -2.23. The molecule has 3 atom stereocenters. The number of amides is 2. The van der Waals surface area contributed by atoms with Crippen LogP contribution in [0.25, 0.3) is 0 Å². The van der Waals surface area contributed by atoms with Gasteiger partial charge in [0.2, 0.25) is 11.8 Å². The normalized spacial score (nSPS) is 24.9. The number of primary amides is 1. The quantitative estimate of drug-likeness (QED) is 0.640. The summed E-state index contributed by atoms with van der Waals surface area (Å²) in [5.41, 5.74) is 5.46. The van der Waals surface area contributed by atoms with Gasteiger partial charge in [-0.2, -0.15) is 0 Å². The van der Waals surface area contributed by atoms with Crippen molar-refractivity contribution in [1.29, 1.82) is 0 Å². The zero-order valence-corrected chi connectivity index (χ0v) is 8.85. The van der Waals surface area contributed by atoms with Gasteiger partial charge in [-0.05, 0) is 6.42 Å². The Morgan fingerprint density at radius 1 is 1.85 bits per heavy atom. The van der Waals surface area contributed by atoms with E-state index >= 15 is 0 Å². The summed E-state index contributed by atoms with van der Waals surface area (Å²) in [6, 6.07) is -0.418. The Kier molecular flexibility index (Phi) is 3.26. The van der Waals surface area contributed by atoms with E-state index in [0.717, 1.165) is 0 Å². The first-order valence-electron chi connectivity index (χ1n) is 4.40. The van der Waals surface area contributed by atoms with Gasteiger partial charge in [-0.15, -0.1) is 9.24 Å². The Morgan fingerprint density at radius 3 is 2.77 bits per heavy atom. The second-order valence-corrected chi connectivity index (χ2v) is 4.28. The van der Waals surface area contributed by atoms with E-state index in [4.69, 9.17) is 5.73 Å². The van der Waals surface area contributed by atoms with E-state index in [2.05, 4.69) is 9.24 Å². The molecular weight excluding hydrogens is 187 g/mol. The van der Waals surface area contributed by atoms with Gasteiger partial charge in [-0.3, -0.25) is 9.59 Å². The third-order valence-corrected chi connectivity index (χ3v) is 2.73. The first-order valence-corrected chi connectivity index (χ1v) is 5.07. The number of rotatable bonds is 3. The molecule has 1 aliphatic heterocycles. The van der Waals surface area contributed by atoms with E-state index in [9.17, 15) is 9.59 Å². The van der Waals surface area contributed by atoms with Crippen LogP contribution in [0.5, 0.6) is 0 Å². The summed E-state index contributed by atoms with van der Waals surface area (Å²) in [7, 11) is 2.60. The predicted octanol–water partition coefficient (Wildman–Crippen LogP) is -0.274. The molecule has 0 aromatic carbocycles. The Labute approximate surface area is 80.0 Å². The van der Waals surface area contributed by atoms with Crippen LogP contribution in [0.1, 0.15) is 19.8 Å². The maximum absolute atomic E-state index is 11.4. The molecule has 1 aliphatic rings. The van der Waals surface area contributed by atoms with Crippen LogP contribution < -0.4 is 5.73 Å². The van der Waals surface area contributed by atoms with Crippen molar-refractivity contribution in [1.82, 2.24) is 4.90 Å². The smallest absolute Gasteiger partial charge is 0.240 e. The number of hydrogen-bond donors (Lipinski definition) is 1. The minimum Gasteiger partial charge on any atom is -0.368 e. The molecule has 4 nitrogen and oxygen atoms in total. The molecule has 0 saturated carbocycles. The van der Waals surface area contributed by atoms with Gasteiger partial charge in [0, 0.05) is 18.6 Å². The Balaban J connectivity index is 2.69. The van der Waals surface area contributed by atoms with Gasteiger partial charge in [0.15, 0.2) is 0 Å². The molecule has 0 aliphatic carbocycles. The van der Waals surface area contributed by atoms with Gasteiger partial charge in [-0.25, -0.2) is 0 Å². The summed E-state index contributed by atoms with van der Waals surface area (Å²) in [5.74, 6) is -0.374. The molecule has 1 unspecified atom stereocenters. The van der Waals surface area contributed by atoms with E-state index < -0.39 is 11.9 Å². The molecule has 74 valence electrons. The summed E-state index contributed by atoms with van der Waals surface area (Å²) >= 11 is 0. The lowest BCUT2D eigenvalue weighted by atomic mass is 10.2. The third-order valence-electron chi connectivity index (χ3n) is 2.28. The number of nitrogens with zero attached hydrogens (tertiary/aromatic N) is 1. The number of likely N-dealkylation sites (tertiary alicyclic amines) is 1. The molecule has 1 heterocycles. The average molecular weight is 202 g/mol. The fraction of sp³-hybridized carbons (Fsp3) is 0.750. The Bertz CT molecular complexity index is 232. The van der Waals surface area contributed by atoms with E-state index in [-0.39, 0.29) is 11.6 Å². The highest BCUT2D eigenvalue weighted by molar-refractivity contribution is 7.17. The van der Waals surface area contributed by atoms with Crippen LogP contribution in [-0.4, -0.2) is 35.0 Å². The van der Waals surface area contributed by atoms with E-state index in [1.54, 1.807) is 4.90 Å². The van der Waals surface area contributed by atoms with Crippen LogP contribution >= 0.6 is 9.24 Å². The van der Waals surface area contributed by atoms with Crippen molar-refractivity contribution in [2.75, 3.05) is 6.54 Å². The van der Waals surface area contributed by atoms with Crippen molar-refractivity contribution >= 4 is 21.1 Å². The van der Waals surface area contributed by atoms with E-state index in [1.807, 2.05) is 6.92 Å². The SMILES string of the molecule is CC[C@@H](C(N)=O)N1C[C@H](P)CC1=O. The summed E-state index contributed by atoms with van der Waals surface area (Å²) < 4.78 is 0. The van der Waals surface area contributed by atoms with Gasteiger partial charge in [0.05, 0.1) is 0 Å². The summed E-state index contributed by atoms with van der Waals surface area (Å²) in [5, 5.41) is 0. The third kappa shape index (κ3) is 2.19. The molecule has 0 spiro atoms. The Hall–Kier alpha value is -0.630. The van der Waals surface area contributed by atoms with Crippen molar-refractivity contribution in [3.8, 4) is 0 Å². The zero-order valence-electron chi connectivity index (χ0n) is 7.69. The Morgan fingerprint density at radius 2 is 2.46 bits per heavy atom. The molecule has 0 bridgehead atoms. The van der Waals surface area contributed by atoms with Crippen LogP contribution in [0.4, 0.5) is 0 Å². The summed E-state index contributed by atoms with van der Waals surface area (Å²) in [6.45, 7) is 2.49. The maximum atomic E-state index is 11.4. The second-order valence-electron chi connectivity index (χ2n) is 3.34. The molecular formula is C8H15N2O2P. The highest BCUT2D eigenvalue weighted by Gasteiger charge is 2.33. The van der Waals surface area contributed by atoms with Gasteiger partial charge >= 0.3 is 0 Å². The van der Waals surface area contributed by atoms with Crippen LogP contribution in [0.2, 0.25) is 0 Å². The van der Waals surface area contributed by atoms with Gasteiger partial charge in [0.1, 0.15) is 6.04 Å². The van der Waals surface area contributed by atoms with Crippen molar-refractivity contribution in [3.63, 3.8) is 0 Å². The summed E-state index contributed by atoms with van der Waals surface area (Å²) in [6.07, 6.45) is 1.10. The number of hydrogen-bond acceptors (Lipinski definition) is 2. The summed E-state index contributed by atoms with van der Waals surface area (Å²) in [4.78, 5) is 24.0. The van der Waals surface area contributed by atoms with Crippen molar-refractivity contribution in [2.24, 2.45) is 5.73 Å². The number of carbonyl (C=O) groups is 2. The number of carbonyl (C=O) groups excluding carboxylic acids is 2. The topological polar surface area (TPSA) is 63.4 Å². The van der Waals surface area contributed by atoms with Crippen molar-refractivity contribution in [3.05, 3.63) is 0 Å². The lowest BCUT2D eigenvalue weighted by molar-refractivity contribution is -0.136. The van der Waals surface area contributed by atoms with Crippen LogP contribution in [0, 0.1) is 0 Å². The van der Waals surface area contributed by atoms with Crippen LogP contribution in [-0.2, 0) is 9.59 Å². The minimum atomic E-state index is -0.418. The molecule has 0 aromatic heterocycles. The minimum absolute atomic E-state index is 0.0330. The lowest BCUT2D eigenvalue weighted by Crippen LogP contribution is -2.45. The molecule has 1 rings (SSSR count). The molecule has 2 amide bonds. The van der Waals surface area contributed by atoms with Gasteiger partial charge in [-0.1, -0.05) is 6.92 Å². The molecule has 0 radical (unpaired) electrons. The average Bonchev–Trinajstić information content (AvgIpc) is 2.31. The highest BCUT2D eigenvalue weighted by atomic mass is 31.0. The molecule has 2 N–H and O–H groups in total. The van der Waals surface area contributed by atoms with Gasteiger partial charge in [0.25, 0.3) is 0 Å². The molecule has 5 heteroatoms. The van der Waals surface area contributed by atoms with Crippen molar-refractivity contribution in [2.45, 2.75) is 31.5 Å². The molecule has 1 saturated heterocycles. The first kappa shape index (κ1) is 10.5. The fourth-order valence-corrected chi connectivity index (χ4v) is 2.07. The fourth-order valence-electron chi connectivity index (χ4n) is 1.64.